The average Bonchev–Trinajstić information content (AvgIpc) is 2.70. The zero-order valence-electron chi connectivity index (χ0n) is 11.0. The van der Waals surface area contributed by atoms with E-state index < -0.39 is 12.0 Å². The quantitative estimate of drug-likeness (QED) is 0.916. The summed E-state index contributed by atoms with van der Waals surface area (Å²) in [4.78, 5) is 0. The van der Waals surface area contributed by atoms with Crippen molar-refractivity contribution in [1.82, 2.24) is 9.78 Å². The van der Waals surface area contributed by atoms with Crippen LogP contribution in [0.2, 0.25) is 5.02 Å². The smallest absolute Gasteiger partial charge is 0.248 e. The van der Waals surface area contributed by atoms with Gasteiger partial charge in [0.25, 0.3) is 0 Å². The van der Waals surface area contributed by atoms with Crippen molar-refractivity contribution < 1.29 is 13.9 Å². The van der Waals surface area contributed by atoms with Crippen LogP contribution in [0, 0.1) is 5.92 Å². The maximum Gasteiger partial charge on any atom is 0.248 e. The average molecular weight is 293 g/mol. The lowest BCUT2D eigenvalue weighted by atomic mass is 9.82. The van der Waals surface area contributed by atoms with E-state index in [9.17, 15) is 13.9 Å². The van der Waals surface area contributed by atoms with Gasteiger partial charge in [0.15, 0.2) is 0 Å². The van der Waals surface area contributed by atoms with E-state index in [1.54, 1.807) is 4.68 Å². The van der Waals surface area contributed by atoms with Gasteiger partial charge in [-0.1, -0.05) is 18.5 Å². The fourth-order valence-corrected chi connectivity index (χ4v) is 2.91. The van der Waals surface area contributed by atoms with E-state index in [0.29, 0.717) is 30.1 Å². The maximum absolute atomic E-state index is 13.1. The van der Waals surface area contributed by atoms with Crippen LogP contribution in [0.15, 0.2) is 6.20 Å². The van der Waals surface area contributed by atoms with Gasteiger partial charge in [-0.2, -0.15) is 5.10 Å². The molecule has 0 spiro atoms. The minimum absolute atomic E-state index is 0.158. The van der Waals surface area contributed by atoms with Crippen LogP contribution >= 0.6 is 11.6 Å². The molecule has 19 heavy (non-hydrogen) atoms. The van der Waals surface area contributed by atoms with Gasteiger partial charge in [-0.05, 0) is 25.2 Å². The van der Waals surface area contributed by atoms with Crippen molar-refractivity contribution in [3.63, 3.8) is 0 Å². The van der Waals surface area contributed by atoms with Gasteiger partial charge in [0, 0.05) is 19.4 Å². The Morgan fingerprint density at radius 3 is 2.74 bits per heavy atom. The van der Waals surface area contributed by atoms with Crippen molar-refractivity contribution in [2.75, 3.05) is 0 Å². The third-order valence-electron chi connectivity index (χ3n) is 3.76. The maximum atomic E-state index is 13.1. The summed E-state index contributed by atoms with van der Waals surface area (Å²) in [6.45, 7) is 2.68. The zero-order valence-corrected chi connectivity index (χ0v) is 11.7. The highest BCUT2D eigenvalue weighted by Crippen LogP contribution is 2.42. The Bertz CT molecular complexity index is 426. The second kappa shape index (κ2) is 5.75. The van der Waals surface area contributed by atoms with E-state index in [-0.39, 0.29) is 18.8 Å². The van der Waals surface area contributed by atoms with Crippen LogP contribution in [-0.4, -0.2) is 20.8 Å². The molecule has 2 rings (SSSR count). The second-order valence-corrected chi connectivity index (χ2v) is 5.65. The lowest BCUT2D eigenvalue weighted by molar-refractivity contribution is -0.0636. The number of hydrogen-bond donors (Lipinski definition) is 1. The van der Waals surface area contributed by atoms with Crippen molar-refractivity contribution in [3.8, 4) is 0 Å². The first-order valence-electron chi connectivity index (χ1n) is 6.71. The number of halogens is 3. The predicted molar refractivity (Wildman–Crippen MR) is 69.4 cm³/mol. The molecule has 1 aliphatic carbocycles. The lowest BCUT2D eigenvalue weighted by Crippen LogP contribution is -2.28. The van der Waals surface area contributed by atoms with Gasteiger partial charge >= 0.3 is 0 Å². The normalized spacial score (nSPS) is 21.5. The van der Waals surface area contributed by atoms with Gasteiger partial charge in [-0.15, -0.1) is 0 Å². The van der Waals surface area contributed by atoms with Crippen LogP contribution in [0.4, 0.5) is 8.78 Å². The summed E-state index contributed by atoms with van der Waals surface area (Å²) in [6, 6.07) is 0. The molecule has 1 saturated carbocycles. The Morgan fingerprint density at radius 1 is 1.53 bits per heavy atom. The second-order valence-electron chi connectivity index (χ2n) is 5.24. The van der Waals surface area contributed by atoms with E-state index in [1.807, 2.05) is 6.92 Å². The molecular formula is C13H19ClF2N2O. The van der Waals surface area contributed by atoms with Crippen LogP contribution in [0.3, 0.4) is 0 Å². The molecule has 0 amide bonds. The van der Waals surface area contributed by atoms with Crippen LogP contribution in [-0.2, 0) is 6.54 Å². The van der Waals surface area contributed by atoms with E-state index in [2.05, 4.69) is 5.10 Å². The van der Waals surface area contributed by atoms with Crippen LogP contribution < -0.4 is 0 Å². The monoisotopic (exact) mass is 292 g/mol. The van der Waals surface area contributed by atoms with Gasteiger partial charge in [0.05, 0.1) is 23.0 Å². The highest BCUT2D eigenvalue weighted by Gasteiger charge is 2.38. The number of hydrogen-bond acceptors (Lipinski definition) is 2. The van der Waals surface area contributed by atoms with Crippen LogP contribution in [0.25, 0.3) is 0 Å². The summed E-state index contributed by atoms with van der Waals surface area (Å²) in [5.41, 5.74) is 0.568. The van der Waals surface area contributed by atoms with Crippen molar-refractivity contribution in [2.24, 2.45) is 5.92 Å². The molecule has 0 aliphatic heterocycles. The molecule has 1 fully saturated rings. The minimum atomic E-state index is -2.58. The Hall–Kier alpha value is -0.680. The molecular weight excluding hydrogens is 274 g/mol. The van der Waals surface area contributed by atoms with Gasteiger partial charge in [0.2, 0.25) is 5.92 Å². The molecule has 108 valence electrons. The Balaban J connectivity index is 2.11. The topological polar surface area (TPSA) is 38.0 Å². The molecule has 1 aliphatic rings. The molecule has 1 aromatic rings. The summed E-state index contributed by atoms with van der Waals surface area (Å²) in [5.74, 6) is -2.74. The fourth-order valence-electron chi connectivity index (χ4n) is 2.66. The first kappa shape index (κ1) is 14.7. The number of aryl methyl sites for hydroxylation is 1. The van der Waals surface area contributed by atoms with Gasteiger partial charge in [-0.3, -0.25) is 4.68 Å². The Morgan fingerprint density at radius 2 is 2.16 bits per heavy atom. The van der Waals surface area contributed by atoms with Crippen LogP contribution in [0.5, 0.6) is 0 Å². The molecule has 6 heteroatoms. The third kappa shape index (κ3) is 3.26. The van der Waals surface area contributed by atoms with E-state index in [1.165, 1.54) is 6.20 Å². The first-order chi connectivity index (χ1) is 8.94. The third-order valence-corrected chi connectivity index (χ3v) is 4.05. The lowest BCUT2D eigenvalue weighted by Gasteiger charge is -2.31. The molecule has 1 unspecified atom stereocenters. The van der Waals surface area contributed by atoms with Crippen LogP contribution in [0.1, 0.15) is 50.8 Å². The highest BCUT2D eigenvalue weighted by molar-refractivity contribution is 6.31. The van der Waals surface area contributed by atoms with Gasteiger partial charge in [0.1, 0.15) is 0 Å². The summed E-state index contributed by atoms with van der Waals surface area (Å²) in [7, 11) is 0. The highest BCUT2D eigenvalue weighted by atomic mass is 35.5. The Kier molecular flexibility index (Phi) is 4.46. The number of rotatable bonds is 4. The molecule has 0 saturated heterocycles. The van der Waals surface area contributed by atoms with Crippen molar-refractivity contribution in [1.29, 1.82) is 0 Å². The zero-order chi connectivity index (χ0) is 14.0. The SMILES string of the molecule is CCCn1ncc(Cl)c1C(O)C1CCC(F)(F)CC1. The van der Waals surface area contributed by atoms with Gasteiger partial charge in [-0.25, -0.2) is 8.78 Å². The summed E-state index contributed by atoms with van der Waals surface area (Å²) < 4.78 is 28.0. The molecule has 0 radical (unpaired) electrons. The fraction of sp³-hybridized carbons (Fsp3) is 0.769. The summed E-state index contributed by atoms with van der Waals surface area (Å²) in [5, 5.41) is 14.9. The number of aromatic nitrogens is 2. The largest absolute Gasteiger partial charge is 0.386 e. The molecule has 3 nitrogen and oxygen atoms in total. The van der Waals surface area contributed by atoms with Crippen molar-refractivity contribution >= 4 is 11.6 Å². The summed E-state index contributed by atoms with van der Waals surface area (Å²) >= 11 is 6.06. The van der Waals surface area contributed by atoms with E-state index in [0.717, 1.165) is 6.42 Å². The number of alkyl halides is 2. The van der Waals surface area contributed by atoms with E-state index >= 15 is 0 Å². The molecule has 1 N–H and O–H groups in total. The van der Waals surface area contributed by atoms with Gasteiger partial charge < -0.3 is 5.11 Å². The summed E-state index contributed by atoms with van der Waals surface area (Å²) in [6.07, 6.45) is 1.90. The first-order valence-corrected chi connectivity index (χ1v) is 7.09. The van der Waals surface area contributed by atoms with E-state index in [4.69, 9.17) is 11.6 Å². The molecule has 1 aromatic heterocycles. The van der Waals surface area contributed by atoms with Crippen molar-refractivity contribution in [3.05, 3.63) is 16.9 Å². The molecule has 0 aromatic carbocycles. The molecule has 0 bridgehead atoms. The van der Waals surface area contributed by atoms with Crippen molar-refractivity contribution in [2.45, 2.75) is 57.6 Å². The number of nitrogens with zero attached hydrogens (tertiary/aromatic N) is 2. The molecule has 1 heterocycles. The Labute approximate surface area is 116 Å². The number of aliphatic hydroxyl groups excluding tert-OH is 1. The standard InChI is InChI=1S/C13H19ClF2N2O/c1-2-7-18-11(10(14)8-17-18)12(19)9-3-5-13(15,16)6-4-9/h8-9,12,19H,2-7H2,1H3. The molecule has 1 atom stereocenters. The minimum Gasteiger partial charge on any atom is -0.386 e. The number of aliphatic hydroxyl groups is 1. The predicted octanol–water partition coefficient (Wildman–Crippen LogP) is 3.81.